The Labute approximate surface area is 132 Å². The number of aryl methyl sites for hydroxylation is 1. The molecule has 0 spiro atoms. The van der Waals surface area contributed by atoms with Gasteiger partial charge in [0.2, 0.25) is 15.9 Å². The Kier molecular flexibility index (Phi) is 4.72. The van der Waals surface area contributed by atoms with Crippen molar-refractivity contribution in [1.82, 2.24) is 4.31 Å². The van der Waals surface area contributed by atoms with Crippen molar-refractivity contribution >= 4 is 37.5 Å². The second kappa shape index (κ2) is 6.04. The van der Waals surface area contributed by atoms with Crippen LogP contribution in [0, 0.1) is 0 Å². The number of hydrogen-bond acceptors (Lipinski definition) is 4. The SMILES string of the molecule is C[C@H](CN)N(C)S(=O)(=O)c1cc2c(cc1Br)CCC(=O)N2. The van der Waals surface area contributed by atoms with Gasteiger partial charge in [-0.3, -0.25) is 4.79 Å². The molecule has 1 aliphatic heterocycles. The Morgan fingerprint density at radius 1 is 1.43 bits per heavy atom. The molecule has 1 aromatic carbocycles. The Morgan fingerprint density at radius 3 is 2.71 bits per heavy atom. The molecule has 2 rings (SSSR count). The summed E-state index contributed by atoms with van der Waals surface area (Å²) in [5, 5.41) is 2.71. The normalized spacial score (nSPS) is 16.5. The quantitative estimate of drug-likeness (QED) is 0.829. The van der Waals surface area contributed by atoms with Crippen molar-refractivity contribution in [2.75, 3.05) is 18.9 Å². The molecule has 0 unspecified atom stereocenters. The molecule has 8 heteroatoms. The minimum atomic E-state index is -3.68. The van der Waals surface area contributed by atoms with E-state index in [1.807, 2.05) is 0 Å². The molecule has 116 valence electrons. The highest BCUT2D eigenvalue weighted by atomic mass is 79.9. The van der Waals surface area contributed by atoms with Crippen LogP contribution in [-0.2, 0) is 21.2 Å². The molecule has 0 aromatic heterocycles. The Hall–Kier alpha value is -0.960. The average Bonchev–Trinajstić information content (AvgIpc) is 2.45. The summed E-state index contributed by atoms with van der Waals surface area (Å²) in [5.74, 6) is -0.100. The number of carbonyl (C=O) groups is 1. The number of nitrogens with two attached hydrogens (primary N) is 1. The van der Waals surface area contributed by atoms with E-state index in [0.717, 1.165) is 5.56 Å². The van der Waals surface area contributed by atoms with Gasteiger partial charge in [0, 0.05) is 36.2 Å². The minimum absolute atomic E-state index is 0.100. The van der Waals surface area contributed by atoms with Gasteiger partial charge >= 0.3 is 0 Å². The lowest BCUT2D eigenvalue weighted by Crippen LogP contribution is -2.39. The molecule has 0 bridgehead atoms. The molecule has 1 atom stereocenters. The zero-order valence-electron chi connectivity index (χ0n) is 11.9. The van der Waals surface area contributed by atoms with Gasteiger partial charge in [0.05, 0.1) is 4.90 Å². The molecular formula is C13H18BrN3O3S. The van der Waals surface area contributed by atoms with Crippen LogP contribution in [0.5, 0.6) is 0 Å². The number of halogens is 1. The van der Waals surface area contributed by atoms with Crippen molar-refractivity contribution in [3.63, 3.8) is 0 Å². The van der Waals surface area contributed by atoms with E-state index >= 15 is 0 Å². The fraction of sp³-hybridized carbons (Fsp3) is 0.462. The molecule has 0 radical (unpaired) electrons. The van der Waals surface area contributed by atoms with Crippen molar-refractivity contribution in [2.24, 2.45) is 5.73 Å². The second-order valence-electron chi connectivity index (χ2n) is 5.09. The first-order valence-corrected chi connectivity index (χ1v) is 8.81. The van der Waals surface area contributed by atoms with E-state index in [9.17, 15) is 13.2 Å². The first-order chi connectivity index (χ1) is 9.77. The molecule has 0 saturated carbocycles. The summed E-state index contributed by atoms with van der Waals surface area (Å²) in [6.07, 6.45) is 1.02. The number of nitrogens with one attached hydrogen (secondary N) is 1. The second-order valence-corrected chi connectivity index (χ2v) is 7.91. The van der Waals surface area contributed by atoms with Gasteiger partial charge in [-0.15, -0.1) is 0 Å². The van der Waals surface area contributed by atoms with E-state index in [2.05, 4.69) is 21.2 Å². The standard InChI is InChI=1S/C13H18BrN3O3S/c1-8(7-15)17(2)21(19,20)12-6-11-9(5-10(12)14)3-4-13(18)16-11/h5-6,8H,3-4,7,15H2,1-2H3,(H,16,18)/t8-/m1/s1. The van der Waals surface area contributed by atoms with Gasteiger partial charge in [-0.2, -0.15) is 4.31 Å². The molecule has 21 heavy (non-hydrogen) atoms. The first kappa shape index (κ1) is 16.4. The summed E-state index contributed by atoms with van der Waals surface area (Å²) < 4.78 is 27.0. The van der Waals surface area contributed by atoms with E-state index in [4.69, 9.17) is 5.73 Å². The van der Waals surface area contributed by atoms with E-state index < -0.39 is 10.0 Å². The van der Waals surface area contributed by atoms with Crippen molar-refractivity contribution in [1.29, 1.82) is 0 Å². The van der Waals surface area contributed by atoms with Gasteiger partial charge in [0.25, 0.3) is 0 Å². The fourth-order valence-corrected chi connectivity index (χ4v) is 4.56. The molecule has 0 aliphatic carbocycles. The lowest BCUT2D eigenvalue weighted by Gasteiger charge is -2.25. The summed E-state index contributed by atoms with van der Waals surface area (Å²) in [7, 11) is -2.18. The summed E-state index contributed by atoms with van der Waals surface area (Å²) in [6.45, 7) is 1.97. The zero-order chi connectivity index (χ0) is 15.8. The number of sulfonamides is 1. The maximum Gasteiger partial charge on any atom is 0.244 e. The Morgan fingerprint density at radius 2 is 2.10 bits per heavy atom. The number of fused-ring (bicyclic) bond motifs is 1. The summed E-state index contributed by atoms with van der Waals surface area (Å²) in [6, 6.07) is 2.95. The third kappa shape index (κ3) is 3.13. The summed E-state index contributed by atoms with van der Waals surface area (Å²) >= 11 is 3.32. The van der Waals surface area contributed by atoms with Crippen LogP contribution >= 0.6 is 15.9 Å². The highest BCUT2D eigenvalue weighted by Gasteiger charge is 2.28. The number of anilines is 1. The van der Waals surface area contributed by atoms with Crippen LogP contribution in [0.15, 0.2) is 21.5 Å². The molecule has 1 amide bonds. The lowest BCUT2D eigenvalue weighted by molar-refractivity contribution is -0.116. The van der Waals surface area contributed by atoms with Crippen LogP contribution in [0.25, 0.3) is 0 Å². The molecule has 6 nitrogen and oxygen atoms in total. The predicted molar refractivity (Wildman–Crippen MR) is 84.6 cm³/mol. The van der Waals surface area contributed by atoms with Crippen molar-refractivity contribution < 1.29 is 13.2 Å². The number of amides is 1. The average molecular weight is 376 g/mol. The van der Waals surface area contributed by atoms with Crippen LogP contribution in [0.2, 0.25) is 0 Å². The predicted octanol–water partition coefficient (Wildman–Crippen LogP) is 1.30. The van der Waals surface area contributed by atoms with Crippen LogP contribution in [0.1, 0.15) is 18.9 Å². The largest absolute Gasteiger partial charge is 0.329 e. The minimum Gasteiger partial charge on any atom is -0.329 e. The highest BCUT2D eigenvalue weighted by Crippen LogP contribution is 2.33. The number of rotatable bonds is 4. The van der Waals surface area contributed by atoms with Crippen LogP contribution < -0.4 is 11.1 Å². The van der Waals surface area contributed by atoms with Crippen LogP contribution in [-0.4, -0.2) is 38.3 Å². The van der Waals surface area contributed by atoms with Crippen molar-refractivity contribution in [2.45, 2.75) is 30.7 Å². The van der Waals surface area contributed by atoms with Crippen LogP contribution in [0.4, 0.5) is 5.69 Å². The number of likely N-dealkylation sites (N-methyl/N-ethyl adjacent to an activating group) is 1. The molecule has 1 aliphatic rings. The number of hydrogen-bond donors (Lipinski definition) is 2. The monoisotopic (exact) mass is 375 g/mol. The molecule has 1 heterocycles. The highest BCUT2D eigenvalue weighted by molar-refractivity contribution is 9.10. The third-order valence-electron chi connectivity index (χ3n) is 3.67. The van der Waals surface area contributed by atoms with Crippen molar-refractivity contribution in [3.8, 4) is 0 Å². The van der Waals surface area contributed by atoms with E-state index in [1.165, 1.54) is 17.4 Å². The van der Waals surface area contributed by atoms with Crippen molar-refractivity contribution in [3.05, 3.63) is 22.2 Å². The molecule has 0 fully saturated rings. The summed E-state index contributed by atoms with van der Waals surface area (Å²) in [4.78, 5) is 11.6. The van der Waals surface area contributed by atoms with Gasteiger partial charge in [-0.1, -0.05) is 0 Å². The van der Waals surface area contributed by atoms with Gasteiger partial charge in [0.15, 0.2) is 0 Å². The molecule has 3 N–H and O–H groups in total. The Balaban J connectivity index is 2.49. The van der Waals surface area contributed by atoms with Gasteiger partial charge in [0.1, 0.15) is 0 Å². The molecule has 0 saturated heterocycles. The topological polar surface area (TPSA) is 92.5 Å². The third-order valence-corrected chi connectivity index (χ3v) is 6.60. The van der Waals surface area contributed by atoms with Gasteiger partial charge in [-0.25, -0.2) is 8.42 Å². The van der Waals surface area contributed by atoms with Gasteiger partial charge < -0.3 is 11.1 Å². The van der Waals surface area contributed by atoms with Gasteiger partial charge in [-0.05, 0) is 47.0 Å². The zero-order valence-corrected chi connectivity index (χ0v) is 14.3. The van der Waals surface area contributed by atoms with E-state index in [-0.39, 0.29) is 23.4 Å². The molecular weight excluding hydrogens is 358 g/mol. The smallest absolute Gasteiger partial charge is 0.244 e. The van der Waals surface area contributed by atoms with E-state index in [0.29, 0.717) is 23.0 Å². The maximum atomic E-state index is 12.6. The molecule has 1 aromatic rings. The van der Waals surface area contributed by atoms with E-state index in [1.54, 1.807) is 13.0 Å². The van der Waals surface area contributed by atoms with Crippen LogP contribution in [0.3, 0.4) is 0 Å². The Bertz CT molecular complexity index is 675. The fourth-order valence-electron chi connectivity index (χ4n) is 2.12. The maximum absolute atomic E-state index is 12.6. The number of nitrogens with zero attached hydrogens (tertiary/aromatic N) is 1. The lowest BCUT2D eigenvalue weighted by atomic mass is 10.0. The number of benzene rings is 1. The summed E-state index contributed by atoms with van der Waals surface area (Å²) in [5.41, 5.74) is 7.02. The first-order valence-electron chi connectivity index (χ1n) is 6.57. The number of carbonyl (C=O) groups excluding carboxylic acids is 1.